The van der Waals surface area contributed by atoms with Crippen LogP contribution in [0.4, 0.5) is 4.79 Å². The summed E-state index contributed by atoms with van der Waals surface area (Å²) in [5.74, 6) is 0. The standard InChI is InChI=1S/C11H27O4PSi3/c1-17(2,3)13-10(12)16-11(14-18(4,5)6)15-19(7,8)9/h1-9H3. The molecule has 0 atom stereocenters. The highest BCUT2D eigenvalue weighted by Crippen LogP contribution is 2.19. The van der Waals surface area contributed by atoms with Crippen molar-refractivity contribution in [2.24, 2.45) is 0 Å². The summed E-state index contributed by atoms with van der Waals surface area (Å²) in [5.41, 5.74) is 0.146. The zero-order valence-corrected chi connectivity index (χ0v) is 17.5. The lowest BCUT2D eigenvalue weighted by Gasteiger charge is -2.24. The molecular formula is C11H27O4PSi3. The SMILES string of the molecule is C[Si](C)(C)OC(=O)P=C(O[Si](C)(C)C)O[Si](C)(C)C. The monoisotopic (exact) mass is 338 g/mol. The van der Waals surface area contributed by atoms with Gasteiger partial charge in [0.25, 0.3) is 0 Å². The van der Waals surface area contributed by atoms with Gasteiger partial charge in [0.05, 0.1) is 8.20 Å². The zero-order valence-electron chi connectivity index (χ0n) is 13.6. The van der Waals surface area contributed by atoms with Gasteiger partial charge < -0.3 is 13.3 Å². The Bertz CT molecular complexity index is 332. The van der Waals surface area contributed by atoms with Crippen LogP contribution < -0.4 is 0 Å². The first-order valence-electron chi connectivity index (χ1n) is 6.38. The number of rotatable bonds is 6. The summed E-state index contributed by atoms with van der Waals surface area (Å²) in [4.78, 5) is 11.9. The third-order valence-electron chi connectivity index (χ3n) is 1.36. The third-order valence-corrected chi connectivity index (χ3v) is 4.91. The summed E-state index contributed by atoms with van der Waals surface area (Å²) in [6.07, 6.45) is 0. The number of carbonyl (C=O) groups is 1. The smallest absolute Gasteiger partial charge is 0.347 e. The average molecular weight is 339 g/mol. The number of hydrogen-bond acceptors (Lipinski definition) is 4. The molecule has 0 spiro atoms. The predicted octanol–water partition coefficient (Wildman–Crippen LogP) is 4.69. The Balaban J connectivity index is 4.97. The van der Waals surface area contributed by atoms with E-state index in [0.29, 0.717) is 13.9 Å². The molecule has 19 heavy (non-hydrogen) atoms. The molecule has 0 aliphatic heterocycles. The maximum absolute atomic E-state index is 11.9. The Morgan fingerprint density at radius 2 is 1.00 bits per heavy atom. The van der Waals surface area contributed by atoms with Crippen LogP contribution in [0.5, 0.6) is 0 Å². The fourth-order valence-corrected chi connectivity index (χ4v) is 5.85. The van der Waals surface area contributed by atoms with E-state index in [0.717, 1.165) is 0 Å². The van der Waals surface area contributed by atoms with Gasteiger partial charge >= 0.3 is 5.71 Å². The second-order valence-electron chi connectivity index (χ2n) is 7.29. The van der Waals surface area contributed by atoms with E-state index < -0.39 is 25.0 Å². The van der Waals surface area contributed by atoms with Crippen molar-refractivity contribution in [3.63, 3.8) is 0 Å². The topological polar surface area (TPSA) is 44.8 Å². The molecule has 8 heteroatoms. The van der Waals surface area contributed by atoms with Crippen molar-refractivity contribution < 1.29 is 18.1 Å². The van der Waals surface area contributed by atoms with E-state index in [-0.39, 0.29) is 5.71 Å². The highest BCUT2D eigenvalue weighted by atomic mass is 31.1. The molecular weight excluding hydrogens is 311 g/mol. The zero-order chi connectivity index (χ0) is 15.5. The van der Waals surface area contributed by atoms with E-state index in [4.69, 9.17) is 13.3 Å². The van der Waals surface area contributed by atoms with Crippen LogP contribution in [-0.2, 0) is 13.3 Å². The van der Waals surface area contributed by atoms with E-state index in [1.54, 1.807) is 0 Å². The fraction of sp³-hybridized carbons (Fsp3) is 0.818. The molecule has 0 radical (unpaired) electrons. The Hall–Kier alpha value is 0.211. The highest BCUT2D eigenvalue weighted by Gasteiger charge is 2.26. The minimum Gasteiger partial charge on any atom is -0.514 e. The Kier molecular flexibility index (Phi) is 6.85. The van der Waals surface area contributed by atoms with Crippen LogP contribution in [0.25, 0.3) is 0 Å². The predicted molar refractivity (Wildman–Crippen MR) is 90.6 cm³/mol. The molecule has 0 amide bonds. The molecule has 0 aromatic carbocycles. The summed E-state index contributed by atoms with van der Waals surface area (Å²) in [6, 6.07) is 0. The van der Waals surface area contributed by atoms with Crippen molar-refractivity contribution in [2.75, 3.05) is 0 Å². The van der Waals surface area contributed by atoms with Crippen LogP contribution in [0.15, 0.2) is 0 Å². The summed E-state index contributed by atoms with van der Waals surface area (Å²) < 4.78 is 17.2. The van der Waals surface area contributed by atoms with Gasteiger partial charge in [-0.2, -0.15) is 0 Å². The van der Waals surface area contributed by atoms with Crippen LogP contribution in [0.2, 0.25) is 58.9 Å². The summed E-state index contributed by atoms with van der Waals surface area (Å²) in [6.45, 7) is 18.4. The largest absolute Gasteiger partial charge is 0.514 e. The van der Waals surface area contributed by atoms with Gasteiger partial charge in [-0.05, 0) is 58.9 Å². The number of carbonyl (C=O) groups excluding carboxylic acids is 1. The Morgan fingerprint density at radius 1 is 0.684 bits per heavy atom. The molecule has 0 aliphatic carbocycles. The maximum atomic E-state index is 11.9. The quantitative estimate of drug-likeness (QED) is 0.520. The molecule has 0 unspecified atom stereocenters. The molecule has 0 saturated heterocycles. The Morgan fingerprint density at radius 3 is 1.26 bits per heavy atom. The van der Waals surface area contributed by atoms with Crippen LogP contribution in [0, 0.1) is 0 Å². The lowest BCUT2D eigenvalue weighted by Crippen LogP contribution is -2.36. The van der Waals surface area contributed by atoms with Crippen LogP contribution in [-0.4, -0.2) is 36.3 Å². The first-order chi connectivity index (χ1) is 8.18. The molecule has 112 valence electrons. The van der Waals surface area contributed by atoms with Crippen molar-refractivity contribution in [1.29, 1.82) is 0 Å². The van der Waals surface area contributed by atoms with Gasteiger partial charge in [-0.1, -0.05) is 0 Å². The van der Waals surface area contributed by atoms with E-state index in [1.807, 2.05) is 19.6 Å². The van der Waals surface area contributed by atoms with Crippen molar-refractivity contribution in [3.8, 4) is 0 Å². The van der Waals surface area contributed by atoms with E-state index >= 15 is 0 Å². The van der Waals surface area contributed by atoms with Crippen LogP contribution in [0.1, 0.15) is 0 Å². The van der Waals surface area contributed by atoms with E-state index in [9.17, 15) is 4.79 Å². The number of hydrogen-bond donors (Lipinski definition) is 0. The minimum absolute atomic E-state index is 0.273. The van der Waals surface area contributed by atoms with Gasteiger partial charge in [0.2, 0.25) is 8.32 Å². The molecule has 0 aromatic rings. The molecule has 4 nitrogen and oxygen atoms in total. The first kappa shape index (κ1) is 19.2. The van der Waals surface area contributed by atoms with Gasteiger partial charge in [-0.25, -0.2) is 4.79 Å². The molecule has 0 aliphatic rings. The van der Waals surface area contributed by atoms with Gasteiger partial charge in [-0.15, -0.1) is 0 Å². The van der Waals surface area contributed by atoms with Gasteiger partial charge in [0.15, 0.2) is 22.3 Å². The molecule has 0 aromatic heterocycles. The third kappa shape index (κ3) is 13.0. The summed E-state index contributed by atoms with van der Waals surface area (Å²) in [7, 11) is -5.05. The maximum Gasteiger partial charge on any atom is 0.347 e. The molecule has 0 rings (SSSR count). The second kappa shape index (κ2) is 6.78. The van der Waals surface area contributed by atoms with Crippen molar-refractivity contribution in [3.05, 3.63) is 0 Å². The van der Waals surface area contributed by atoms with Crippen molar-refractivity contribution >= 4 is 44.5 Å². The summed E-state index contributed by atoms with van der Waals surface area (Å²) >= 11 is 0. The van der Waals surface area contributed by atoms with Crippen LogP contribution in [0.3, 0.4) is 0 Å². The Labute approximate surface area is 122 Å². The lowest BCUT2D eigenvalue weighted by atomic mass is 11.5. The molecule has 0 heterocycles. The molecule has 0 N–H and O–H groups in total. The lowest BCUT2D eigenvalue weighted by molar-refractivity contribution is 0.225. The highest BCUT2D eigenvalue weighted by molar-refractivity contribution is 7.58. The van der Waals surface area contributed by atoms with Gasteiger partial charge in [0.1, 0.15) is 0 Å². The average Bonchev–Trinajstić information content (AvgIpc) is 1.90. The molecule has 0 bridgehead atoms. The second-order valence-corrected chi connectivity index (χ2v) is 21.5. The van der Waals surface area contributed by atoms with Gasteiger partial charge in [0, 0.05) is 0 Å². The van der Waals surface area contributed by atoms with E-state index in [1.165, 1.54) is 0 Å². The minimum atomic E-state index is -1.86. The summed E-state index contributed by atoms with van der Waals surface area (Å²) in [5, 5.41) is 0. The van der Waals surface area contributed by atoms with Gasteiger partial charge in [-0.3, -0.25) is 0 Å². The van der Waals surface area contributed by atoms with Crippen molar-refractivity contribution in [1.82, 2.24) is 0 Å². The van der Waals surface area contributed by atoms with Crippen molar-refractivity contribution in [2.45, 2.75) is 58.9 Å². The molecule has 0 saturated carbocycles. The van der Waals surface area contributed by atoms with Crippen LogP contribution >= 0.6 is 8.20 Å². The normalized spacial score (nSPS) is 13.5. The fourth-order valence-electron chi connectivity index (χ4n) is 0.950. The van der Waals surface area contributed by atoms with E-state index in [2.05, 4.69) is 39.3 Å². The molecule has 0 fully saturated rings. The first-order valence-corrected chi connectivity index (χ1v) is 17.5.